The van der Waals surface area contributed by atoms with Crippen LogP contribution < -0.4 is 0 Å². The smallest absolute Gasteiger partial charge is 0.107 e. The minimum absolute atomic E-state index is 0.217. The minimum Gasteiger partial charge on any atom is -0.393 e. The van der Waals surface area contributed by atoms with Gasteiger partial charge in [-0.3, -0.25) is 0 Å². The van der Waals surface area contributed by atoms with Crippen molar-refractivity contribution in [1.29, 1.82) is 0 Å². The second-order valence-corrected chi connectivity index (χ2v) is 8.91. The summed E-state index contributed by atoms with van der Waals surface area (Å²) in [4.78, 5) is 11.6. The van der Waals surface area contributed by atoms with E-state index in [0.29, 0.717) is 17.5 Å². The number of aliphatic hydroxyl groups is 1. The predicted octanol–water partition coefficient (Wildman–Crippen LogP) is 6.60. The summed E-state index contributed by atoms with van der Waals surface area (Å²) in [7, 11) is 2.07. The summed E-state index contributed by atoms with van der Waals surface area (Å²) in [6.45, 7) is 14.9. The molecule has 0 saturated heterocycles. The maximum Gasteiger partial charge on any atom is 0.107 e. The van der Waals surface area contributed by atoms with Gasteiger partial charge in [-0.1, -0.05) is 64.6 Å². The molecule has 0 bridgehead atoms. The highest BCUT2D eigenvalue weighted by molar-refractivity contribution is 8.00. The Labute approximate surface area is 181 Å². The second-order valence-electron chi connectivity index (χ2n) is 7.58. The molecule has 0 radical (unpaired) electrons. The quantitative estimate of drug-likeness (QED) is 0.250. The molecule has 0 saturated carbocycles. The van der Waals surface area contributed by atoms with Crippen molar-refractivity contribution in [3.05, 3.63) is 76.2 Å². The number of hydrogen-bond donors (Lipinski definition) is 1. The van der Waals surface area contributed by atoms with E-state index in [4.69, 9.17) is 0 Å². The molecule has 162 valence electrons. The maximum atomic E-state index is 10.4. The van der Waals surface area contributed by atoms with Crippen molar-refractivity contribution in [2.75, 3.05) is 13.6 Å². The normalized spacial score (nSPS) is 14.2. The van der Waals surface area contributed by atoms with Crippen LogP contribution in [0.3, 0.4) is 0 Å². The van der Waals surface area contributed by atoms with Crippen LogP contribution in [0.4, 0.5) is 0 Å². The number of nitroso groups, excluding NO2 is 1. The van der Waals surface area contributed by atoms with Gasteiger partial charge in [0.2, 0.25) is 0 Å². The molecule has 0 amide bonds. The van der Waals surface area contributed by atoms with Gasteiger partial charge in [0, 0.05) is 11.4 Å². The van der Waals surface area contributed by atoms with Crippen LogP contribution in [0.25, 0.3) is 0 Å². The summed E-state index contributed by atoms with van der Waals surface area (Å²) in [6, 6.07) is 10.3. The molecule has 29 heavy (non-hydrogen) atoms. The Morgan fingerprint density at radius 2 is 1.83 bits per heavy atom. The van der Waals surface area contributed by atoms with Crippen LogP contribution in [-0.4, -0.2) is 29.1 Å². The zero-order valence-electron chi connectivity index (χ0n) is 18.8. The third kappa shape index (κ3) is 14.0. The SMILES string of the molecule is C=C/C(=C\C=C(/CC)SN(C)CC(C)C)N=O.CC(O)C(C)Cc1ccccc1. The Hall–Kier alpha value is -1.69. The third-order valence-electron chi connectivity index (χ3n) is 4.22. The predicted molar refractivity (Wildman–Crippen MR) is 128 cm³/mol. The lowest BCUT2D eigenvalue weighted by Crippen LogP contribution is -2.15. The van der Waals surface area contributed by atoms with Gasteiger partial charge in [-0.2, -0.15) is 0 Å². The first kappa shape index (κ1) is 27.3. The van der Waals surface area contributed by atoms with E-state index in [9.17, 15) is 10.0 Å². The van der Waals surface area contributed by atoms with Gasteiger partial charge in [0.25, 0.3) is 0 Å². The Morgan fingerprint density at radius 3 is 2.28 bits per heavy atom. The highest BCUT2D eigenvalue weighted by atomic mass is 32.2. The molecule has 1 aromatic rings. The number of allylic oxidation sites excluding steroid dienone is 4. The van der Waals surface area contributed by atoms with E-state index in [-0.39, 0.29) is 6.10 Å². The minimum atomic E-state index is -0.217. The fraction of sp³-hybridized carbons (Fsp3) is 0.500. The number of rotatable bonds is 11. The molecule has 1 rings (SSSR count). The standard InChI is InChI=1S/C13H22N2OS.C11H16O/c1-6-12(14-16)8-9-13(7-2)17-15(5)10-11(3)4;1-9(10(2)12)8-11-6-4-3-5-7-11/h6,8-9,11H,1,7,10H2,2-5H3;3-7,9-10,12H,8H2,1-2H3/b12-8+,13-9+;. The van der Waals surface area contributed by atoms with Crippen LogP contribution in [0.15, 0.2) is 70.9 Å². The maximum absolute atomic E-state index is 10.4. The van der Waals surface area contributed by atoms with Gasteiger partial charge in [0.1, 0.15) is 5.70 Å². The van der Waals surface area contributed by atoms with E-state index in [1.165, 1.54) is 16.5 Å². The van der Waals surface area contributed by atoms with Gasteiger partial charge in [0.05, 0.1) is 6.10 Å². The molecular formula is C24H38N2O2S. The molecular weight excluding hydrogens is 380 g/mol. The van der Waals surface area contributed by atoms with E-state index in [2.05, 4.69) is 62.9 Å². The average molecular weight is 419 g/mol. The first-order chi connectivity index (χ1) is 13.7. The fourth-order valence-electron chi connectivity index (χ4n) is 2.43. The molecule has 0 spiro atoms. The summed E-state index contributed by atoms with van der Waals surface area (Å²) >= 11 is 1.71. The number of benzene rings is 1. The summed E-state index contributed by atoms with van der Waals surface area (Å²) in [5, 5.41) is 12.1. The number of nitrogens with zero attached hydrogens (tertiary/aromatic N) is 2. The first-order valence-corrected chi connectivity index (χ1v) is 11.0. The van der Waals surface area contributed by atoms with Crippen molar-refractivity contribution in [2.24, 2.45) is 17.0 Å². The number of hydrogen-bond acceptors (Lipinski definition) is 5. The largest absolute Gasteiger partial charge is 0.393 e. The molecule has 0 aliphatic rings. The van der Waals surface area contributed by atoms with Crippen LogP contribution in [0, 0.1) is 16.7 Å². The molecule has 4 nitrogen and oxygen atoms in total. The van der Waals surface area contributed by atoms with E-state index >= 15 is 0 Å². The monoisotopic (exact) mass is 418 g/mol. The molecule has 2 atom stereocenters. The molecule has 0 aromatic heterocycles. The van der Waals surface area contributed by atoms with Gasteiger partial charge in [-0.15, -0.1) is 4.91 Å². The summed E-state index contributed by atoms with van der Waals surface area (Å²) < 4.78 is 2.20. The molecule has 1 N–H and O–H groups in total. The van der Waals surface area contributed by atoms with Crippen LogP contribution in [0.2, 0.25) is 0 Å². The second kappa shape index (κ2) is 16.1. The van der Waals surface area contributed by atoms with Crippen LogP contribution >= 0.6 is 11.9 Å². The Morgan fingerprint density at radius 1 is 1.21 bits per heavy atom. The van der Waals surface area contributed by atoms with Crippen LogP contribution in [0.1, 0.15) is 46.6 Å². The third-order valence-corrected chi connectivity index (χ3v) is 5.34. The van der Waals surface area contributed by atoms with E-state index in [1.807, 2.05) is 31.2 Å². The lowest BCUT2D eigenvalue weighted by molar-refractivity contribution is 0.135. The average Bonchev–Trinajstić information content (AvgIpc) is 2.68. The van der Waals surface area contributed by atoms with E-state index < -0.39 is 0 Å². The lowest BCUT2D eigenvalue weighted by Gasteiger charge is -2.18. The number of aliphatic hydroxyl groups excluding tert-OH is 1. The molecule has 1 aromatic carbocycles. The molecule has 2 unspecified atom stereocenters. The van der Waals surface area contributed by atoms with Crippen LogP contribution in [0.5, 0.6) is 0 Å². The zero-order valence-corrected chi connectivity index (χ0v) is 19.7. The van der Waals surface area contributed by atoms with Gasteiger partial charge < -0.3 is 5.11 Å². The summed E-state index contributed by atoms with van der Waals surface area (Å²) in [5.74, 6) is 0.980. The highest BCUT2D eigenvalue weighted by Gasteiger charge is 2.08. The van der Waals surface area contributed by atoms with E-state index in [0.717, 1.165) is 19.4 Å². The van der Waals surface area contributed by atoms with Crippen LogP contribution in [-0.2, 0) is 6.42 Å². The Bertz CT molecular complexity index is 630. The molecule has 0 heterocycles. The molecule has 0 fully saturated rings. The highest BCUT2D eigenvalue weighted by Crippen LogP contribution is 2.23. The topological polar surface area (TPSA) is 52.9 Å². The summed E-state index contributed by atoms with van der Waals surface area (Å²) in [5.41, 5.74) is 1.66. The molecule has 0 aliphatic heterocycles. The van der Waals surface area contributed by atoms with Crippen molar-refractivity contribution in [3.8, 4) is 0 Å². The zero-order chi connectivity index (χ0) is 22.2. The van der Waals surface area contributed by atoms with Crippen molar-refractivity contribution in [3.63, 3.8) is 0 Å². The van der Waals surface area contributed by atoms with Crippen molar-refractivity contribution >= 4 is 11.9 Å². The fourth-order valence-corrected chi connectivity index (χ4v) is 3.47. The van der Waals surface area contributed by atoms with Gasteiger partial charge in [-0.25, -0.2) is 4.31 Å². The van der Waals surface area contributed by atoms with Crippen molar-refractivity contribution < 1.29 is 5.11 Å². The van der Waals surface area contributed by atoms with Gasteiger partial charge in [-0.05, 0) is 79.6 Å². The van der Waals surface area contributed by atoms with Gasteiger partial charge in [0.15, 0.2) is 0 Å². The van der Waals surface area contributed by atoms with Gasteiger partial charge >= 0.3 is 0 Å². The van der Waals surface area contributed by atoms with Crippen molar-refractivity contribution in [1.82, 2.24) is 4.31 Å². The Balaban J connectivity index is 0.000000571. The van der Waals surface area contributed by atoms with E-state index in [1.54, 1.807) is 18.0 Å². The molecule has 5 heteroatoms. The summed E-state index contributed by atoms with van der Waals surface area (Å²) in [6.07, 6.45) is 6.77. The first-order valence-electron chi connectivity index (χ1n) is 10.2. The van der Waals surface area contributed by atoms with Crippen molar-refractivity contribution in [2.45, 2.75) is 53.6 Å². The molecule has 0 aliphatic carbocycles. The lowest BCUT2D eigenvalue weighted by atomic mass is 9.97. The Kier molecular flexibility index (Phi) is 15.2.